The molecule has 0 bridgehead atoms. The molecule has 19 heavy (non-hydrogen) atoms. The monoisotopic (exact) mass is 255 g/mol. The summed E-state index contributed by atoms with van der Waals surface area (Å²) in [6.45, 7) is 2.30. The Morgan fingerprint density at radius 2 is 1.79 bits per heavy atom. The lowest BCUT2D eigenvalue weighted by Gasteiger charge is -2.18. The van der Waals surface area contributed by atoms with E-state index >= 15 is 0 Å². The number of nitrogens with zero attached hydrogens (tertiary/aromatic N) is 1. The summed E-state index contributed by atoms with van der Waals surface area (Å²) in [6.07, 6.45) is 0. The average Bonchev–Trinajstić information content (AvgIpc) is 2.42. The molecule has 0 radical (unpaired) electrons. The highest BCUT2D eigenvalue weighted by atomic mass is 16.3. The van der Waals surface area contributed by atoms with Gasteiger partial charge in [-0.05, 0) is 24.6 Å². The quantitative estimate of drug-likeness (QED) is 0.916. The molecule has 0 unspecified atom stereocenters. The Morgan fingerprint density at radius 3 is 2.47 bits per heavy atom. The molecule has 0 saturated heterocycles. The molecule has 1 amide bonds. The highest BCUT2D eigenvalue weighted by Gasteiger charge is 2.15. The lowest BCUT2D eigenvalue weighted by Crippen LogP contribution is -2.26. The second kappa shape index (κ2) is 5.57. The number of carbonyl (C=O) groups excluding carboxylic acids is 1. The molecule has 0 aliphatic heterocycles. The summed E-state index contributed by atoms with van der Waals surface area (Å²) < 4.78 is 0. The van der Waals surface area contributed by atoms with Crippen LogP contribution in [0.15, 0.2) is 48.5 Å². The smallest absolute Gasteiger partial charge is 0.254 e. The molecule has 0 saturated carbocycles. The van der Waals surface area contributed by atoms with Gasteiger partial charge in [0, 0.05) is 24.7 Å². The van der Waals surface area contributed by atoms with Gasteiger partial charge in [-0.1, -0.05) is 36.4 Å². The topological polar surface area (TPSA) is 40.5 Å². The fourth-order valence-corrected chi connectivity index (χ4v) is 1.99. The zero-order valence-electron chi connectivity index (χ0n) is 11.1. The molecule has 0 spiro atoms. The molecule has 0 atom stereocenters. The van der Waals surface area contributed by atoms with Gasteiger partial charge in [-0.3, -0.25) is 4.79 Å². The van der Waals surface area contributed by atoms with Crippen LogP contribution in [0.1, 0.15) is 21.5 Å². The van der Waals surface area contributed by atoms with E-state index in [-0.39, 0.29) is 11.7 Å². The summed E-state index contributed by atoms with van der Waals surface area (Å²) in [5.41, 5.74) is 2.24. The minimum Gasteiger partial charge on any atom is -0.508 e. The van der Waals surface area contributed by atoms with Crippen LogP contribution in [0.25, 0.3) is 0 Å². The van der Waals surface area contributed by atoms with Crippen molar-refractivity contribution in [1.82, 2.24) is 4.90 Å². The first-order valence-corrected chi connectivity index (χ1v) is 6.17. The molecule has 0 heterocycles. The van der Waals surface area contributed by atoms with E-state index in [2.05, 4.69) is 0 Å². The molecule has 2 aromatic carbocycles. The first-order chi connectivity index (χ1) is 9.09. The molecule has 98 valence electrons. The predicted molar refractivity (Wildman–Crippen MR) is 75.1 cm³/mol. The van der Waals surface area contributed by atoms with Crippen molar-refractivity contribution in [3.05, 3.63) is 65.2 Å². The summed E-state index contributed by atoms with van der Waals surface area (Å²) in [4.78, 5) is 14.0. The molecule has 3 nitrogen and oxygen atoms in total. The van der Waals surface area contributed by atoms with Crippen molar-refractivity contribution in [2.45, 2.75) is 13.5 Å². The lowest BCUT2D eigenvalue weighted by atomic mass is 10.1. The van der Waals surface area contributed by atoms with Gasteiger partial charge in [0.25, 0.3) is 5.91 Å². The number of phenols is 1. The van der Waals surface area contributed by atoms with Crippen LogP contribution in [-0.2, 0) is 6.54 Å². The van der Waals surface area contributed by atoms with E-state index in [0.717, 1.165) is 5.56 Å². The van der Waals surface area contributed by atoms with Gasteiger partial charge in [0.2, 0.25) is 0 Å². The lowest BCUT2D eigenvalue weighted by molar-refractivity contribution is 0.0784. The van der Waals surface area contributed by atoms with Crippen LogP contribution in [0.3, 0.4) is 0 Å². The molecule has 0 fully saturated rings. The van der Waals surface area contributed by atoms with Crippen LogP contribution in [0.2, 0.25) is 0 Å². The van der Waals surface area contributed by atoms with Crippen molar-refractivity contribution in [2.24, 2.45) is 0 Å². The van der Waals surface area contributed by atoms with Gasteiger partial charge in [0.05, 0.1) is 0 Å². The van der Waals surface area contributed by atoms with Crippen LogP contribution >= 0.6 is 0 Å². The van der Waals surface area contributed by atoms with E-state index in [4.69, 9.17) is 0 Å². The summed E-state index contributed by atoms with van der Waals surface area (Å²) in [5.74, 6) is 0.0659. The largest absolute Gasteiger partial charge is 0.508 e. The SMILES string of the molecule is Cc1c(O)cccc1C(=O)N(C)Cc1ccccc1. The van der Waals surface area contributed by atoms with E-state index in [1.807, 2.05) is 30.3 Å². The Hall–Kier alpha value is -2.29. The number of phenolic OH excluding ortho intramolecular Hbond substituents is 1. The standard InChI is InChI=1S/C16H17NO2/c1-12-14(9-6-10-15(12)18)16(19)17(2)11-13-7-4-3-5-8-13/h3-10,18H,11H2,1-2H3. The Balaban J connectivity index is 2.18. The summed E-state index contributed by atoms with van der Waals surface area (Å²) in [5, 5.41) is 9.65. The van der Waals surface area contributed by atoms with Crippen molar-refractivity contribution >= 4 is 5.91 Å². The number of rotatable bonds is 3. The van der Waals surface area contributed by atoms with E-state index in [9.17, 15) is 9.90 Å². The molecule has 3 heteroatoms. The van der Waals surface area contributed by atoms with Gasteiger partial charge in [0.15, 0.2) is 0 Å². The summed E-state index contributed by atoms with van der Waals surface area (Å²) in [7, 11) is 1.76. The van der Waals surface area contributed by atoms with Gasteiger partial charge in [-0.2, -0.15) is 0 Å². The summed E-state index contributed by atoms with van der Waals surface area (Å²) >= 11 is 0. The number of carbonyl (C=O) groups is 1. The van der Waals surface area contributed by atoms with Crippen molar-refractivity contribution < 1.29 is 9.90 Å². The first-order valence-electron chi connectivity index (χ1n) is 6.17. The van der Waals surface area contributed by atoms with E-state index in [0.29, 0.717) is 17.7 Å². The Kier molecular flexibility index (Phi) is 3.85. The van der Waals surface area contributed by atoms with E-state index in [1.54, 1.807) is 37.1 Å². The van der Waals surface area contributed by atoms with Gasteiger partial charge < -0.3 is 10.0 Å². The molecule has 2 rings (SSSR count). The van der Waals surface area contributed by atoms with Crippen molar-refractivity contribution in [3.63, 3.8) is 0 Å². The van der Waals surface area contributed by atoms with Crippen LogP contribution in [0, 0.1) is 6.92 Å². The summed E-state index contributed by atoms with van der Waals surface area (Å²) in [6, 6.07) is 14.8. The number of benzene rings is 2. The second-order valence-corrected chi connectivity index (χ2v) is 4.60. The minimum atomic E-state index is -0.0859. The van der Waals surface area contributed by atoms with Gasteiger partial charge in [0.1, 0.15) is 5.75 Å². The number of aromatic hydroxyl groups is 1. The van der Waals surface area contributed by atoms with Gasteiger partial charge >= 0.3 is 0 Å². The molecule has 0 aromatic heterocycles. The third-order valence-corrected chi connectivity index (χ3v) is 3.14. The third-order valence-electron chi connectivity index (χ3n) is 3.14. The third kappa shape index (κ3) is 2.94. The Labute approximate surface area is 113 Å². The molecular formula is C16H17NO2. The van der Waals surface area contributed by atoms with E-state index in [1.165, 1.54) is 0 Å². The fourth-order valence-electron chi connectivity index (χ4n) is 1.99. The second-order valence-electron chi connectivity index (χ2n) is 4.60. The zero-order valence-corrected chi connectivity index (χ0v) is 11.1. The maximum atomic E-state index is 12.3. The Morgan fingerprint density at radius 1 is 1.11 bits per heavy atom. The maximum Gasteiger partial charge on any atom is 0.254 e. The highest BCUT2D eigenvalue weighted by molar-refractivity contribution is 5.96. The van der Waals surface area contributed by atoms with Crippen molar-refractivity contribution in [3.8, 4) is 5.75 Å². The molecule has 1 N–H and O–H groups in total. The molecule has 0 aliphatic rings. The first kappa shape index (κ1) is 13.1. The maximum absolute atomic E-state index is 12.3. The average molecular weight is 255 g/mol. The highest BCUT2D eigenvalue weighted by Crippen LogP contribution is 2.21. The van der Waals surface area contributed by atoms with Crippen LogP contribution < -0.4 is 0 Å². The van der Waals surface area contributed by atoms with Crippen LogP contribution in [0.4, 0.5) is 0 Å². The van der Waals surface area contributed by atoms with E-state index < -0.39 is 0 Å². The number of hydrogen-bond acceptors (Lipinski definition) is 2. The Bertz CT molecular complexity index is 579. The van der Waals surface area contributed by atoms with Gasteiger partial charge in [-0.15, -0.1) is 0 Å². The van der Waals surface area contributed by atoms with Crippen molar-refractivity contribution in [2.75, 3.05) is 7.05 Å². The molecule has 2 aromatic rings. The molecule has 0 aliphatic carbocycles. The minimum absolute atomic E-state index is 0.0859. The number of amides is 1. The molecular weight excluding hydrogens is 238 g/mol. The number of hydrogen-bond donors (Lipinski definition) is 1. The van der Waals surface area contributed by atoms with Crippen molar-refractivity contribution in [1.29, 1.82) is 0 Å². The van der Waals surface area contributed by atoms with Crippen LogP contribution in [0.5, 0.6) is 5.75 Å². The fraction of sp³-hybridized carbons (Fsp3) is 0.188. The normalized spacial score (nSPS) is 10.2. The predicted octanol–water partition coefficient (Wildman–Crippen LogP) is 2.97. The van der Waals surface area contributed by atoms with Gasteiger partial charge in [-0.25, -0.2) is 0 Å². The van der Waals surface area contributed by atoms with Crippen LogP contribution in [-0.4, -0.2) is 23.0 Å². The zero-order chi connectivity index (χ0) is 13.8.